The first-order chi connectivity index (χ1) is 19.9. The van der Waals surface area contributed by atoms with Gasteiger partial charge < -0.3 is 30.0 Å². The average Bonchev–Trinajstić information content (AvgIpc) is 2.97. The topological polar surface area (TPSA) is 136 Å². The molecule has 0 bridgehead atoms. The summed E-state index contributed by atoms with van der Waals surface area (Å²) in [6.45, 7) is 7.57. The number of allylic oxidation sites excluding steroid dienone is 1. The van der Waals surface area contributed by atoms with Crippen LogP contribution in [0.1, 0.15) is 50.8 Å². The third-order valence-corrected chi connectivity index (χ3v) is 7.38. The summed E-state index contributed by atoms with van der Waals surface area (Å²) in [6, 6.07) is 14.1. The van der Waals surface area contributed by atoms with Crippen molar-refractivity contribution in [3.63, 3.8) is 0 Å². The van der Waals surface area contributed by atoms with Gasteiger partial charge in [-0.3, -0.25) is 14.6 Å². The van der Waals surface area contributed by atoms with Crippen LogP contribution in [0.3, 0.4) is 0 Å². The Bertz CT molecular complexity index is 1360. The van der Waals surface area contributed by atoms with E-state index in [1.807, 2.05) is 44.2 Å². The molecule has 0 spiro atoms. The number of rotatable bonds is 12. The van der Waals surface area contributed by atoms with Crippen LogP contribution >= 0.6 is 11.6 Å². The van der Waals surface area contributed by atoms with E-state index < -0.39 is 35.4 Å². The second-order valence-corrected chi connectivity index (χ2v) is 11.1. The number of benzene rings is 2. The predicted molar refractivity (Wildman–Crippen MR) is 160 cm³/mol. The fraction of sp³-hybridized carbons (Fsp3) is 0.419. The van der Waals surface area contributed by atoms with E-state index in [9.17, 15) is 19.5 Å². The summed E-state index contributed by atoms with van der Waals surface area (Å²) in [5.41, 5.74) is 1.92. The fourth-order valence-corrected chi connectivity index (χ4v) is 5.07. The van der Waals surface area contributed by atoms with Crippen molar-refractivity contribution in [2.45, 2.75) is 45.3 Å². The van der Waals surface area contributed by atoms with Crippen molar-refractivity contribution < 1.29 is 33.7 Å². The van der Waals surface area contributed by atoms with Crippen LogP contribution < -0.4 is 15.4 Å². The highest BCUT2D eigenvalue weighted by Gasteiger charge is 2.43. The summed E-state index contributed by atoms with van der Waals surface area (Å²) in [4.78, 5) is 42.4. The zero-order valence-electron chi connectivity index (χ0n) is 24.7. The van der Waals surface area contributed by atoms with Crippen molar-refractivity contribution in [1.29, 1.82) is 0 Å². The normalized spacial score (nSPS) is 17.7. The standard InChI is InChI=1S/C31H38ClN3O7/c1-18-26(29(38)40-5)28(27(19(2)35-18)30(39)41-6)22-13-12-21(14-23(22)32)42-16-25(37)33-17-31(3,4)34-15-24(36)20-10-8-7-9-11-20/h7-14,24,26,28,34,36H,15-17H2,1-6H3,(H,33,37). The maximum Gasteiger partial charge on any atom is 0.336 e. The van der Waals surface area contributed by atoms with Gasteiger partial charge in [-0.05, 0) is 51.0 Å². The Kier molecular flexibility index (Phi) is 11.3. The molecule has 3 rings (SSSR count). The molecular formula is C31H38ClN3O7. The number of carbonyl (C=O) groups is 3. The lowest BCUT2D eigenvalue weighted by Crippen LogP contribution is -2.50. The minimum Gasteiger partial charge on any atom is -0.484 e. The number of esters is 2. The molecule has 0 fully saturated rings. The van der Waals surface area contributed by atoms with Crippen LogP contribution in [0.2, 0.25) is 5.02 Å². The first-order valence-electron chi connectivity index (χ1n) is 13.5. The van der Waals surface area contributed by atoms with Crippen molar-refractivity contribution in [3.05, 3.63) is 76.0 Å². The molecular weight excluding hydrogens is 562 g/mol. The van der Waals surface area contributed by atoms with Crippen LogP contribution in [0.25, 0.3) is 0 Å². The molecule has 0 aromatic heterocycles. The molecule has 226 valence electrons. The second-order valence-electron chi connectivity index (χ2n) is 10.7. The zero-order valence-corrected chi connectivity index (χ0v) is 25.4. The Labute approximate surface area is 251 Å². The maximum atomic E-state index is 12.7. The summed E-state index contributed by atoms with van der Waals surface area (Å²) in [6.07, 6.45) is -0.673. The summed E-state index contributed by atoms with van der Waals surface area (Å²) in [7, 11) is 2.53. The Morgan fingerprint density at radius 2 is 1.76 bits per heavy atom. The molecule has 42 heavy (non-hydrogen) atoms. The van der Waals surface area contributed by atoms with Gasteiger partial charge in [0.25, 0.3) is 5.91 Å². The Morgan fingerprint density at radius 3 is 2.38 bits per heavy atom. The van der Waals surface area contributed by atoms with Crippen molar-refractivity contribution in [1.82, 2.24) is 10.6 Å². The number of aliphatic imine (C=N–C) groups is 1. The van der Waals surface area contributed by atoms with E-state index in [1.165, 1.54) is 20.3 Å². The van der Waals surface area contributed by atoms with Crippen molar-refractivity contribution in [2.24, 2.45) is 10.9 Å². The van der Waals surface area contributed by atoms with Crippen molar-refractivity contribution in [3.8, 4) is 5.75 Å². The first-order valence-corrected chi connectivity index (χ1v) is 13.9. The van der Waals surface area contributed by atoms with Crippen LogP contribution in [-0.4, -0.2) is 68.1 Å². The van der Waals surface area contributed by atoms with Gasteiger partial charge in [0.05, 0.1) is 25.9 Å². The number of nitrogens with zero attached hydrogens (tertiary/aromatic N) is 1. The summed E-state index contributed by atoms with van der Waals surface area (Å²) in [5.74, 6) is -2.86. The molecule has 11 heteroatoms. The van der Waals surface area contributed by atoms with Gasteiger partial charge in [0, 0.05) is 41.0 Å². The number of aliphatic hydroxyl groups excluding tert-OH is 1. The van der Waals surface area contributed by atoms with E-state index in [1.54, 1.807) is 26.0 Å². The van der Waals surface area contributed by atoms with Crippen LogP contribution in [0.15, 0.2) is 64.8 Å². The number of nitrogens with one attached hydrogen (secondary N) is 2. The molecule has 10 nitrogen and oxygen atoms in total. The number of β-amino-alcohol motifs (C(OH)–C–C–N with tert-alkyl or cyclic N) is 1. The number of carbonyl (C=O) groups excluding carboxylic acids is 3. The van der Waals surface area contributed by atoms with Gasteiger partial charge in [-0.1, -0.05) is 48.0 Å². The Morgan fingerprint density at radius 1 is 1.07 bits per heavy atom. The molecule has 1 heterocycles. The number of methoxy groups -OCH3 is 2. The monoisotopic (exact) mass is 599 g/mol. The molecule has 1 aliphatic rings. The average molecular weight is 600 g/mol. The van der Waals surface area contributed by atoms with Crippen molar-refractivity contribution >= 4 is 35.2 Å². The highest BCUT2D eigenvalue weighted by atomic mass is 35.5. The quantitative estimate of drug-likeness (QED) is 0.314. The highest BCUT2D eigenvalue weighted by Crippen LogP contribution is 2.43. The van der Waals surface area contributed by atoms with E-state index in [2.05, 4.69) is 15.6 Å². The molecule has 3 atom stereocenters. The van der Waals surface area contributed by atoms with E-state index in [4.69, 9.17) is 25.8 Å². The minimum atomic E-state index is -0.881. The van der Waals surface area contributed by atoms with Gasteiger partial charge in [-0.15, -0.1) is 0 Å². The zero-order chi connectivity index (χ0) is 31.0. The number of hydrogen-bond donors (Lipinski definition) is 3. The summed E-state index contributed by atoms with van der Waals surface area (Å²) in [5, 5.41) is 16.7. The predicted octanol–water partition coefficient (Wildman–Crippen LogP) is 3.73. The molecule has 2 aromatic carbocycles. The van der Waals surface area contributed by atoms with Crippen molar-refractivity contribution in [2.75, 3.05) is 33.9 Å². The number of halogens is 1. The summed E-state index contributed by atoms with van der Waals surface area (Å²) >= 11 is 6.65. The molecule has 0 saturated carbocycles. The van der Waals surface area contributed by atoms with E-state index >= 15 is 0 Å². The first kappa shape index (κ1) is 32.8. The smallest absolute Gasteiger partial charge is 0.336 e. The number of hydrogen-bond acceptors (Lipinski definition) is 9. The Balaban J connectivity index is 1.64. The maximum absolute atomic E-state index is 12.7. The number of aliphatic hydroxyl groups is 1. The van der Waals surface area contributed by atoms with Crippen LogP contribution in [0.4, 0.5) is 0 Å². The van der Waals surface area contributed by atoms with Crippen LogP contribution in [-0.2, 0) is 23.9 Å². The van der Waals surface area contributed by atoms with E-state index in [0.29, 0.717) is 35.8 Å². The van der Waals surface area contributed by atoms with Crippen LogP contribution in [0, 0.1) is 5.92 Å². The number of amides is 1. The molecule has 3 unspecified atom stereocenters. The molecule has 2 aromatic rings. The lowest BCUT2D eigenvalue weighted by molar-refractivity contribution is -0.143. The second kappa shape index (κ2) is 14.4. The third-order valence-electron chi connectivity index (χ3n) is 7.05. The summed E-state index contributed by atoms with van der Waals surface area (Å²) < 4.78 is 15.7. The minimum absolute atomic E-state index is 0.209. The highest BCUT2D eigenvalue weighted by molar-refractivity contribution is 6.31. The van der Waals surface area contributed by atoms with Gasteiger partial charge in [-0.25, -0.2) is 4.79 Å². The van der Waals surface area contributed by atoms with E-state index in [-0.39, 0.29) is 23.1 Å². The molecule has 0 radical (unpaired) electrons. The lowest BCUT2D eigenvalue weighted by Gasteiger charge is -2.31. The molecule has 0 aliphatic carbocycles. The number of ether oxygens (including phenoxy) is 3. The van der Waals surface area contributed by atoms with Gasteiger partial charge in [-0.2, -0.15) is 0 Å². The van der Waals surface area contributed by atoms with E-state index in [0.717, 1.165) is 5.56 Å². The lowest BCUT2D eigenvalue weighted by atomic mass is 9.75. The molecule has 1 aliphatic heterocycles. The fourth-order valence-electron chi connectivity index (χ4n) is 4.78. The SMILES string of the molecule is COC(=O)C1=C(C)N=C(C)C(C(=O)OC)C1c1ccc(OCC(=O)NCC(C)(C)NCC(O)c2ccccc2)cc1Cl. The van der Waals surface area contributed by atoms with Gasteiger partial charge in [0.1, 0.15) is 11.7 Å². The van der Waals surface area contributed by atoms with Gasteiger partial charge in [0.15, 0.2) is 6.61 Å². The molecule has 0 saturated heterocycles. The largest absolute Gasteiger partial charge is 0.484 e. The molecule has 3 N–H and O–H groups in total. The Hall–Kier alpha value is -3.73. The third kappa shape index (κ3) is 8.18. The molecule has 1 amide bonds. The van der Waals surface area contributed by atoms with Gasteiger partial charge in [0.2, 0.25) is 0 Å². The van der Waals surface area contributed by atoms with Gasteiger partial charge >= 0.3 is 11.9 Å². The van der Waals surface area contributed by atoms with Crippen LogP contribution in [0.5, 0.6) is 5.75 Å².